The van der Waals surface area contributed by atoms with Crippen molar-refractivity contribution in [3.63, 3.8) is 0 Å². The topological polar surface area (TPSA) is 70.2 Å². The molecule has 1 aromatic heterocycles. The Bertz CT molecular complexity index is 465. The van der Waals surface area contributed by atoms with Crippen LogP contribution in [0.1, 0.15) is 55.6 Å². The maximum atomic E-state index is 11.7. The van der Waals surface area contributed by atoms with Crippen molar-refractivity contribution >= 4 is 39.2 Å². The predicted molar refractivity (Wildman–Crippen MR) is 89.4 cm³/mol. The SMILES string of the molecule is CCCCCCC(C)NC(=O)NNC(=O)c1ccc(Br)s1. The van der Waals surface area contributed by atoms with E-state index in [1.807, 2.05) is 6.92 Å². The molecule has 3 amide bonds. The van der Waals surface area contributed by atoms with Crippen LogP contribution in [0.3, 0.4) is 0 Å². The van der Waals surface area contributed by atoms with E-state index in [0.717, 1.165) is 16.6 Å². The molecular weight excluding hydrogens is 354 g/mol. The smallest absolute Gasteiger partial charge is 0.333 e. The van der Waals surface area contributed by atoms with Crippen molar-refractivity contribution in [3.8, 4) is 0 Å². The largest absolute Gasteiger partial charge is 0.334 e. The molecule has 1 atom stereocenters. The number of rotatable bonds is 7. The summed E-state index contributed by atoms with van der Waals surface area (Å²) in [5.41, 5.74) is 4.75. The highest BCUT2D eigenvalue weighted by Crippen LogP contribution is 2.21. The zero-order chi connectivity index (χ0) is 15.7. The average Bonchev–Trinajstić information content (AvgIpc) is 2.87. The summed E-state index contributed by atoms with van der Waals surface area (Å²) in [6, 6.07) is 3.19. The van der Waals surface area contributed by atoms with Gasteiger partial charge in [0.1, 0.15) is 0 Å². The molecule has 5 nitrogen and oxygen atoms in total. The molecule has 0 saturated heterocycles. The highest BCUT2D eigenvalue weighted by molar-refractivity contribution is 9.11. The molecule has 0 saturated carbocycles. The molecule has 1 rings (SSSR count). The summed E-state index contributed by atoms with van der Waals surface area (Å²) < 4.78 is 0.873. The third kappa shape index (κ3) is 7.47. The van der Waals surface area contributed by atoms with Gasteiger partial charge in [0.05, 0.1) is 8.66 Å². The fourth-order valence-corrected chi connectivity index (χ4v) is 3.10. The van der Waals surface area contributed by atoms with Gasteiger partial charge in [-0.1, -0.05) is 32.6 Å². The van der Waals surface area contributed by atoms with Crippen molar-refractivity contribution in [1.29, 1.82) is 0 Å². The van der Waals surface area contributed by atoms with Gasteiger partial charge in [0.2, 0.25) is 0 Å². The van der Waals surface area contributed by atoms with Crippen molar-refractivity contribution in [2.24, 2.45) is 0 Å². The number of carbonyl (C=O) groups excluding carboxylic acids is 2. The minimum absolute atomic E-state index is 0.0923. The van der Waals surface area contributed by atoms with Crippen LogP contribution in [0.4, 0.5) is 4.79 Å². The summed E-state index contributed by atoms with van der Waals surface area (Å²) >= 11 is 4.60. The molecule has 1 aromatic rings. The van der Waals surface area contributed by atoms with E-state index in [9.17, 15) is 9.59 Å². The average molecular weight is 376 g/mol. The number of urea groups is 1. The Morgan fingerprint density at radius 3 is 2.62 bits per heavy atom. The van der Waals surface area contributed by atoms with Gasteiger partial charge < -0.3 is 5.32 Å². The highest BCUT2D eigenvalue weighted by Gasteiger charge is 2.11. The van der Waals surface area contributed by atoms with E-state index in [1.165, 1.54) is 30.6 Å². The number of unbranched alkanes of at least 4 members (excludes halogenated alkanes) is 3. The van der Waals surface area contributed by atoms with Gasteiger partial charge in [-0.2, -0.15) is 0 Å². The molecule has 1 heterocycles. The third-order valence-corrected chi connectivity index (χ3v) is 4.58. The zero-order valence-corrected chi connectivity index (χ0v) is 14.8. The van der Waals surface area contributed by atoms with Crippen molar-refractivity contribution in [2.45, 2.75) is 52.0 Å². The molecule has 0 aromatic carbocycles. The molecule has 3 N–H and O–H groups in total. The van der Waals surface area contributed by atoms with E-state index in [4.69, 9.17) is 0 Å². The first-order valence-electron chi connectivity index (χ1n) is 7.15. The first-order valence-corrected chi connectivity index (χ1v) is 8.76. The molecule has 1 unspecified atom stereocenters. The van der Waals surface area contributed by atoms with Gasteiger partial charge in [0.15, 0.2) is 0 Å². The second kappa shape index (κ2) is 9.78. The van der Waals surface area contributed by atoms with Gasteiger partial charge in [0, 0.05) is 6.04 Å². The molecule has 0 radical (unpaired) electrons. The predicted octanol–water partition coefficient (Wildman–Crippen LogP) is 3.81. The van der Waals surface area contributed by atoms with Crippen LogP contribution in [0.15, 0.2) is 15.9 Å². The normalized spacial score (nSPS) is 11.8. The van der Waals surface area contributed by atoms with Crippen LogP contribution >= 0.6 is 27.3 Å². The summed E-state index contributed by atoms with van der Waals surface area (Å²) in [5.74, 6) is -0.323. The van der Waals surface area contributed by atoms with Crippen LogP contribution in [-0.4, -0.2) is 18.0 Å². The third-order valence-electron chi connectivity index (χ3n) is 2.95. The van der Waals surface area contributed by atoms with E-state index in [1.54, 1.807) is 12.1 Å². The quantitative estimate of drug-likeness (QED) is 0.500. The Morgan fingerprint density at radius 1 is 1.24 bits per heavy atom. The lowest BCUT2D eigenvalue weighted by Crippen LogP contribution is -2.49. The standard InChI is InChI=1S/C14H22BrN3O2S/c1-3-4-5-6-7-10(2)16-14(20)18-17-13(19)11-8-9-12(15)21-11/h8-10H,3-7H2,1-2H3,(H,17,19)(H2,16,18,20). The first kappa shape index (κ1) is 18.0. The van der Waals surface area contributed by atoms with Crippen LogP contribution < -0.4 is 16.2 Å². The van der Waals surface area contributed by atoms with Crippen LogP contribution in [0.2, 0.25) is 0 Å². The maximum absolute atomic E-state index is 11.7. The van der Waals surface area contributed by atoms with Crippen LogP contribution in [0, 0.1) is 0 Å². The molecule has 0 spiro atoms. The Balaban J connectivity index is 2.19. The molecular formula is C14H22BrN3O2S. The second-order valence-corrected chi connectivity index (χ2v) is 7.37. The zero-order valence-electron chi connectivity index (χ0n) is 12.4. The van der Waals surface area contributed by atoms with E-state index < -0.39 is 0 Å². The van der Waals surface area contributed by atoms with Gasteiger partial charge in [-0.05, 0) is 41.4 Å². The number of carbonyl (C=O) groups is 2. The number of hydrogen-bond donors (Lipinski definition) is 3. The summed E-state index contributed by atoms with van der Waals surface area (Å²) in [5, 5.41) is 2.80. The van der Waals surface area contributed by atoms with Gasteiger partial charge in [-0.3, -0.25) is 10.2 Å². The number of amides is 3. The number of hydrazine groups is 1. The van der Waals surface area contributed by atoms with Crippen molar-refractivity contribution in [1.82, 2.24) is 16.2 Å². The minimum atomic E-state index is -0.387. The van der Waals surface area contributed by atoms with Crippen LogP contribution in [0.5, 0.6) is 0 Å². The van der Waals surface area contributed by atoms with E-state index in [-0.39, 0.29) is 18.0 Å². The molecule has 7 heteroatoms. The molecule has 0 aliphatic heterocycles. The van der Waals surface area contributed by atoms with E-state index in [0.29, 0.717) is 4.88 Å². The number of hydrogen-bond acceptors (Lipinski definition) is 3. The Morgan fingerprint density at radius 2 is 2.00 bits per heavy atom. The molecule has 0 fully saturated rings. The molecule has 0 aliphatic rings. The van der Waals surface area contributed by atoms with Crippen molar-refractivity contribution in [3.05, 3.63) is 20.8 Å². The lowest BCUT2D eigenvalue weighted by atomic mass is 10.1. The lowest BCUT2D eigenvalue weighted by Gasteiger charge is -2.14. The summed E-state index contributed by atoms with van der Waals surface area (Å²) in [7, 11) is 0. The second-order valence-electron chi connectivity index (χ2n) is 4.91. The summed E-state index contributed by atoms with van der Waals surface area (Å²) in [6.45, 7) is 4.13. The Labute approximate surface area is 138 Å². The fourth-order valence-electron chi connectivity index (χ4n) is 1.82. The Kier molecular flexibility index (Phi) is 8.37. The number of nitrogens with one attached hydrogen (secondary N) is 3. The number of thiophene rings is 1. The first-order chi connectivity index (χ1) is 10.0. The van der Waals surface area contributed by atoms with Crippen molar-refractivity contribution < 1.29 is 9.59 Å². The monoisotopic (exact) mass is 375 g/mol. The van der Waals surface area contributed by atoms with Crippen LogP contribution in [-0.2, 0) is 0 Å². The summed E-state index contributed by atoms with van der Waals surface area (Å²) in [4.78, 5) is 23.9. The summed E-state index contributed by atoms with van der Waals surface area (Å²) in [6.07, 6.45) is 5.66. The molecule has 118 valence electrons. The molecule has 0 bridgehead atoms. The van der Waals surface area contributed by atoms with Gasteiger partial charge in [-0.15, -0.1) is 11.3 Å². The van der Waals surface area contributed by atoms with E-state index in [2.05, 4.69) is 39.0 Å². The van der Waals surface area contributed by atoms with Gasteiger partial charge in [-0.25, -0.2) is 10.2 Å². The van der Waals surface area contributed by atoms with E-state index >= 15 is 0 Å². The molecule has 0 aliphatic carbocycles. The number of halogens is 1. The highest BCUT2D eigenvalue weighted by atomic mass is 79.9. The fraction of sp³-hybridized carbons (Fsp3) is 0.571. The van der Waals surface area contributed by atoms with Gasteiger partial charge >= 0.3 is 6.03 Å². The maximum Gasteiger partial charge on any atom is 0.333 e. The minimum Gasteiger partial charge on any atom is -0.334 e. The Hall–Kier alpha value is -1.08. The van der Waals surface area contributed by atoms with Gasteiger partial charge in [0.25, 0.3) is 5.91 Å². The molecule has 21 heavy (non-hydrogen) atoms. The van der Waals surface area contributed by atoms with Crippen LogP contribution in [0.25, 0.3) is 0 Å². The lowest BCUT2D eigenvalue weighted by molar-refractivity contribution is 0.0940. The van der Waals surface area contributed by atoms with Crippen molar-refractivity contribution in [2.75, 3.05) is 0 Å².